The van der Waals surface area contributed by atoms with Crippen molar-refractivity contribution in [3.8, 4) is 0 Å². The van der Waals surface area contributed by atoms with Crippen molar-refractivity contribution in [1.82, 2.24) is 9.55 Å². The summed E-state index contributed by atoms with van der Waals surface area (Å²) in [6, 6.07) is 0. The molecular weight excluding hydrogens is 258 g/mol. The van der Waals surface area contributed by atoms with Gasteiger partial charge in [-0.1, -0.05) is 0 Å². The molecule has 5 heteroatoms. The molecule has 0 amide bonds. The Kier molecular flexibility index (Phi) is 3.43. The maximum atomic E-state index is 5.63. The largest absolute Gasteiger partial charge is 0.381 e. The van der Waals surface area contributed by atoms with Gasteiger partial charge in [0.05, 0.1) is 12.2 Å². The maximum Gasteiger partial charge on any atom is 0.123 e. The van der Waals surface area contributed by atoms with E-state index in [1.807, 2.05) is 11.6 Å². The third-order valence-corrected chi connectivity index (χ3v) is 3.87. The van der Waals surface area contributed by atoms with Gasteiger partial charge in [0.25, 0.3) is 0 Å². The topological polar surface area (TPSA) is 53.1 Å². The van der Waals surface area contributed by atoms with Gasteiger partial charge in [0.2, 0.25) is 0 Å². The van der Waals surface area contributed by atoms with Crippen molar-refractivity contribution in [1.29, 1.82) is 0 Å². The van der Waals surface area contributed by atoms with Crippen molar-refractivity contribution < 1.29 is 4.74 Å². The third kappa shape index (κ3) is 2.09. The molecule has 4 nitrogen and oxygen atoms in total. The first kappa shape index (κ1) is 11.1. The summed E-state index contributed by atoms with van der Waals surface area (Å²) in [4.78, 5) is 4.59. The minimum absolute atomic E-state index is 0.484. The molecule has 1 aliphatic rings. The van der Waals surface area contributed by atoms with Crippen molar-refractivity contribution in [2.75, 3.05) is 13.2 Å². The van der Waals surface area contributed by atoms with Crippen LogP contribution in [-0.4, -0.2) is 22.8 Å². The molecule has 0 spiro atoms. The Hall–Kier alpha value is -0.390. The smallest absolute Gasteiger partial charge is 0.123 e. The summed E-state index contributed by atoms with van der Waals surface area (Å²) < 4.78 is 8.43. The first-order valence-electron chi connectivity index (χ1n) is 5.22. The van der Waals surface area contributed by atoms with Gasteiger partial charge in [-0.15, -0.1) is 0 Å². The minimum atomic E-state index is 0.484. The van der Waals surface area contributed by atoms with Crippen LogP contribution in [-0.2, 0) is 18.3 Å². The molecule has 0 saturated carbocycles. The lowest BCUT2D eigenvalue weighted by molar-refractivity contribution is 0.0844. The lowest BCUT2D eigenvalue weighted by atomic mass is 9.97. The summed E-state index contributed by atoms with van der Waals surface area (Å²) in [6.07, 6.45) is 2.11. The summed E-state index contributed by atoms with van der Waals surface area (Å²) in [7, 11) is 1.99. The number of nitrogens with zero attached hydrogens (tertiary/aromatic N) is 2. The Bertz CT molecular complexity index is 345. The predicted molar refractivity (Wildman–Crippen MR) is 61.6 cm³/mol. The first-order chi connectivity index (χ1) is 7.24. The second-order valence-electron chi connectivity index (χ2n) is 3.85. The lowest BCUT2D eigenvalue weighted by Gasteiger charge is -2.20. The zero-order chi connectivity index (χ0) is 10.8. The third-order valence-electron chi connectivity index (χ3n) is 2.93. The molecule has 84 valence electrons. The van der Waals surface area contributed by atoms with E-state index in [0.717, 1.165) is 42.2 Å². The average molecular weight is 274 g/mol. The van der Waals surface area contributed by atoms with Crippen molar-refractivity contribution in [2.24, 2.45) is 12.8 Å². The number of halogens is 1. The molecule has 1 aromatic heterocycles. The molecule has 1 aromatic rings. The summed E-state index contributed by atoms with van der Waals surface area (Å²) in [5.74, 6) is 1.45. The Balaban J connectivity index is 2.26. The number of nitrogens with two attached hydrogens (primary N) is 1. The van der Waals surface area contributed by atoms with Crippen molar-refractivity contribution in [2.45, 2.75) is 25.3 Å². The normalized spacial score (nSPS) is 18.3. The number of aromatic nitrogens is 2. The molecule has 15 heavy (non-hydrogen) atoms. The number of ether oxygens (including phenoxy) is 1. The summed E-state index contributed by atoms with van der Waals surface area (Å²) in [6.45, 7) is 2.16. The predicted octanol–water partition coefficient (Wildman–Crippen LogP) is 1.54. The van der Waals surface area contributed by atoms with E-state index in [9.17, 15) is 0 Å². The van der Waals surface area contributed by atoms with Crippen molar-refractivity contribution >= 4 is 15.9 Å². The molecule has 2 rings (SSSR count). The Morgan fingerprint density at radius 2 is 2.20 bits per heavy atom. The molecule has 0 atom stereocenters. The number of imidazole rings is 1. The fraction of sp³-hybridized carbons (Fsp3) is 0.700. The van der Waals surface area contributed by atoms with E-state index < -0.39 is 0 Å². The molecule has 0 aromatic carbocycles. The highest BCUT2D eigenvalue weighted by Crippen LogP contribution is 2.31. The van der Waals surface area contributed by atoms with Gasteiger partial charge in [0.15, 0.2) is 0 Å². The van der Waals surface area contributed by atoms with Crippen LogP contribution in [0, 0.1) is 0 Å². The molecule has 2 heterocycles. The highest BCUT2D eigenvalue weighted by molar-refractivity contribution is 9.10. The fourth-order valence-corrected chi connectivity index (χ4v) is 2.58. The maximum absolute atomic E-state index is 5.63. The summed E-state index contributed by atoms with van der Waals surface area (Å²) in [5.41, 5.74) is 6.77. The number of rotatable bonds is 2. The molecule has 0 unspecified atom stereocenters. The second-order valence-corrected chi connectivity index (χ2v) is 4.61. The quantitative estimate of drug-likeness (QED) is 0.890. The Morgan fingerprint density at radius 1 is 1.53 bits per heavy atom. The van der Waals surface area contributed by atoms with Crippen LogP contribution in [0.4, 0.5) is 0 Å². The van der Waals surface area contributed by atoms with Crippen LogP contribution < -0.4 is 5.73 Å². The van der Waals surface area contributed by atoms with Gasteiger partial charge in [-0.25, -0.2) is 4.98 Å². The van der Waals surface area contributed by atoms with Gasteiger partial charge in [-0.3, -0.25) is 0 Å². The molecule has 1 saturated heterocycles. The van der Waals surface area contributed by atoms with E-state index in [1.54, 1.807) is 0 Å². The number of hydrogen-bond donors (Lipinski definition) is 1. The standard InChI is InChI=1S/C10H16BrN3O/c1-14-8(6-12)13-9(10(14)11)7-2-4-15-5-3-7/h7H,2-6,12H2,1H3. The van der Waals surface area contributed by atoms with Crippen LogP contribution in [0.1, 0.15) is 30.3 Å². The second kappa shape index (κ2) is 4.63. The van der Waals surface area contributed by atoms with E-state index in [-0.39, 0.29) is 0 Å². The van der Waals surface area contributed by atoms with Crippen LogP contribution in [0.15, 0.2) is 4.60 Å². The number of hydrogen-bond acceptors (Lipinski definition) is 3. The highest BCUT2D eigenvalue weighted by Gasteiger charge is 2.22. The van der Waals surface area contributed by atoms with Crippen LogP contribution in [0.2, 0.25) is 0 Å². The van der Waals surface area contributed by atoms with Gasteiger partial charge in [-0.05, 0) is 28.8 Å². The van der Waals surface area contributed by atoms with Gasteiger partial charge in [0.1, 0.15) is 10.4 Å². The first-order valence-corrected chi connectivity index (χ1v) is 6.02. The Morgan fingerprint density at radius 3 is 2.73 bits per heavy atom. The average Bonchev–Trinajstić information content (AvgIpc) is 2.57. The van der Waals surface area contributed by atoms with Crippen molar-refractivity contribution in [3.05, 3.63) is 16.1 Å². The van der Waals surface area contributed by atoms with Crippen LogP contribution in [0.5, 0.6) is 0 Å². The minimum Gasteiger partial charge on any atom is -0.381 e. The van der Waals surface area contributed by atoms with E-state index in [0.29, 0.717) is 12.5 Å². The van der Waals surface area contributed by atoms with Crippen LogP contribution in [0.25, 0.3) is 0 Å². The van der Waals surface area contributed by atoms with E-state index in [4.69, 9.17) is 10.5 Å². The summed E-state index contributed by atoms with van der Waals surface area (Å²) in [5, 5.41) is 0. The monoisotopic (exact) mass is 273 g/mol. The highest BCUT2D eigenvalue weighted by atomic mass is 79.9. The van der Waals surface area contributed by atoms with Crippen LogP contribution >= 0.6 is 15.9 Å². The van der Waals surface area contributed by atoms with Gasteiger partial charge in [0, 0.05) is 26.2 Å². The van der Waals surface area contributed by atoms with Gasteiger partial charge in [-0.2, -0.15) is 0 Å². The molecule has 1 aliphatic heterocycles. The van der Waals surface area contributed by atoms with Gasteiger partial charge < -0.3 is 15.0 Å². The molecule has 1 fully saturated rings. The summed E-state index contributed by atoms with van der Waals surface area (Å²) >= 11 is 3.58. The molecular formula is C10H16BrN3O. The van der Waals surface area contributed by atoms with E-state index >= 15 is 0 Å². The fourth-order valence-electron chi connectivity index (χ4n) is 1.96. The lowest BCUT2D eigenvalue weighted by Crippen LogP contribution is -2.14. The van der Waals surface area contributed by atoms with E-state index in [1.165, 1.54) is 0 Å². The van der Waals surface area contributed by atoms with Crippen LogP contribution in [0.3, 0.4) is 0 Å². The van der Waals surface area contributed by atoms with Crippen molar-refractivity contribution in [3.63, 3.8) is 0 Å². The molecule has 0 aliphatic carbocycles. The molecule has 2 N–H and O–H groups in total. The molecule has 0 radical (unpaired) electrons. The zero-order valence-corrected chi connectivity index (χ0v) is 10.5. The van der Waals surface area contributed by atoms with Gasteiger partial charge >= 0.3 is 0 Å². The van der Waals surface area contributed by atoms with E-state index in [2.05, 4.69) is 20.9 Å². The molecule has 0 bridgehead atoms. The zero-order valence-electron chi connectivity index (χ0n) is 8.87. The SMILES string of the molecule is Cn1c(CN)nc(C2CCOCC2)c1Br. The Labute approximate surface area is 97.9 Å².